The van der Waals surface area contributed by atoms with Gasteiger partial charge in [0.15, 0.2) is 0 Å². The largest absolute Gasteiger partial charge is 0.468 e. The minimum atomic E-state index is -0.366. The number of hydrogen-bond donors (Lipinski definition) is 1. The van der Waals surface area contributed by atoms with Crippen LogP contribution in [-0.2, 0) is 9.53 Å². The molecular weight excluding hydrogens is 182 g/mol. The predicted molar refractivity (Wildman–Crippen MR) is 52.9 cm³/mol. The molecule has 0 radical (unpaired) electrons. The Morgan fingerprint density at radius 2 is 2.21 bits per heavy atom. The number of nitrogens with zero attached hydrogens (tertiary/aromatic N) is 1. The Hall–Kier alpha value is -0.610. The van der Waals surface area contributed by atoms with Crippen LogP contribution in [0.1, 0.15) is 27.2 Å². The van der Waals surface area contributed by atoms with Crippen molar-refractivity contribution in [3.8, 4) is 0 Å². The first-order valence-corrected chi connectivity index (χ1v) is 4.94. The van der Waals surface area contributed by atoms with Gasteiger partial charge in [0.1, 0.15) is 6.04 Å². The average Bonchev–Trinajstić information content (AvgIpc) is 2.40. The zero-order valence-corrected chi connectivity index (χ0v) is 9.28. The fraction of sp³-hybridized carbons (Fsp3) is 0.900. The molecule has 0 aromatic heterocycles. The molecule has 0 saturated carbocycles. The zero-order valence-electron chi connectivity index (χ0n) is 9.28. The molecule has 1 aliphatic heterocycles. The molecule has 1 N–H and O–H groups in total. The molecule has 14 heavy (non-hydrogen) atoms. The van der Waals surface area contributed by atoms with Crippen LogP contribution in [-0.4, -0.2) is 47.3 Å². The summed E-state index contributed by atoms with van der Waals surface area (Å²) in [6.45, 7) is 6.45. The highest BCUT2D eigenvalue weighted by atomic mass is 16.5. The van der Waals surface area contributed by atoms with Crippen molar-refractivity contribution < 1.29 is 14.6 Å². The molecule has 0 aliphatic carbocycles. The van der Waals surface area contributed by atoms with Crippen LogP contribution < -0.4 is 0 Å². The molecule has 1 saturated heterocycles. The first-order chi connectivity index (χ1) is 6.41. The van der Waals surface area contributed by atoms with E-state index in [1.54, 1.807) is 0 Å². The maximum Gasteiger partial charge on any atom is 0.322 e. The van der Waals surface area contributed by atoms with Crippen LogP contribution in [0, 0.1) is 0 Å². The van der Waals surface area contributed by atoms with E-state index in [2.05, 4.69) is 0 Å². The number of ether oxygens (including phenoxy) is 1. The third-order valence-electron chi connectivity index (χ3n) is 3.21. The molecular formula is C10H19NO3. The molecule has 0 aromatic rings. The van der Waals surface area contributed by atoms with Gasteiger partial charge in [0, 0.05) is 12.1 Å². The number of aliphatic hydroxyl groups excluding tert-OH is 1. The van der Waals surface area contributed by atoms with Crippen LogP contribution in [0.5, 0.6) is 0 Å². The van der Waals surface area contributed by atoms with Crippen LogP contribution in [0.4, 0.5) is 0 Å². The van der Waals surface area contributed by atoms with Crippen molar-refractivity contribution in [3.63, 3.8) is 0 Å². The lowest BCUT2D eigenvalue weighted by molar-refractivity contribution is -0.148. The van der Waals surface area contributed by atoms with Crippen molar-refractivity contribution in [2.75, 3.05) is 13.7 Å². The van der Waals surface area contributed by atoms with Crippen molar-refractivity contribution in [3.05, 3.63) is 0 Å². The van der Waals surface area contributed by atoms with Gasteiger partial charge in [0.2, 0.25) is 0 Å². The van der Waals surface area contributed by atoms with E-state index in [4.69, 9.17) is 4.74 Å². The highest BCUT2D eigenvalue weighted by Crippen LogP contribution is 2.30. The average molecular weight is 201 g/mol. The van der Waals surface area contributed by atoms with Crippen LogP contribution in [0.15, 0.2) is 0 Å². The van der Waals surface area contributed by atoms with Gasteiger partial charge in [-0.15, -0.1) is 0 Å². The molecule has 0 spiro atoms. The van der Waals surface area contributed by atoms with Crippen LogP contribution in [0.25, 0.3) is 0 Å². The van der Waals surface area contributed by atoms with E-state index in [0.717, 1.165) is 6.54 Å². The van der Waals surface area contributed by atoms with Crippen LogP contribution in [0.2, 0.25) is 0 Å². The molecule has 0 amide bonds. The summed E-state index contributed by atoms with van der Waals surface area (Å²) in [7, 11) is 1.39. The summed E-state index contributed by atoms with van der Waals surface area (Å²) in [5, 5.41) is 9.74. The van der Waals surface area contributed by atoms with Gasteiger partial charge < -0.3 is 9.84 Å². The van der Waals surface area contributed by atoms with E-state index >= 15 is 0 Å². The van der Waals surface area contributed by atoms with Crippen molar-refractivity contribution in [2.24, 2.45) is 0 Å². The Kier molecular flexibility index (Phi) is 3.17. The number of methoxy groups -OCH3 is 1. The molecule has 0 aromatic carbocycles. The first-order valence-electron chi connectivity index (χ1n) is 4.94. The number of hydrogen-bond acceptors (Lipinski definition) is 4. The second-order valence-electron chi connectivity index (χ2n) is 4.35. The third-order valence-corrected chi connectivity index (χ3v) is 3.21. The second kappa shape index (κ2) is 3.87. The number of rotatable bonds is 2. The number of likely N-dealkylation sites (tertiary alicyclic amines) is 1. The standard InChI is InChI=1S/C10H19NO3/c1-7(9(13)14-4)11-6-5-8(12)10(11,2)3/h7-8,12H,5-6H2,1-4H3. The Balaban J connectivity index is 2.74. The van der Waals surface area contributed by atoms with Gasteiger partial charge in [-0.25, -0.2) is 0 Å². The Labute approximate surface area is 84.8 Å². The molecule has 4 nitrogen and oxygen atoms in total. The lowest BCUT2D eigenvalue weighted by Gasteiger charge is -2.36. The van der Waals surface area contributed by atoms with Crippen LogP contribution >= 0.6 is 0 Å². The lowest BCUT2D eigenvalue weighted by Crippen LogP contribution is -2.51. The summed E-state index contributed by atoms with van der Waals surface area (Å²) in [4.78, 5) is 13.3. The van der Waals surface area contributed by atoms with Crippen molar-refractivity contribution in [2.45, 2.75) is 44.9 Å². The minimum Gasteiger partial charge on any atom is -0.468 e. The van der Waals surface area contributed by atoms with Crippen LogP contribution in [0.3, 0.4) is 0 Å². The first kappa shape index (κ1) is 11.5. The molecule has 4 heteroatoms. The number of carbonyl (C=O) groups excluding carboxylic acids is 1. The smallest absolute Gasteiger partial charge is 0.322 e. The van der Waals surface area contributed by atoms with Gasteiger partial charge in [-0.2, -0.15) is 0 Å². The van der Waals surface area contributed by atoms with Gasteiger partial charge in [-0.05, 0) is 27.2 Å². The molecule has 2 atom stereocenters. The molecule has 2 unspecified atom stereocenters. The fourth-order valence-corrected chi connectivity index (χ4v) is 2.08. The lowest BCUT2D eigenvalue weighted by atomic mass is 9.97. The minimum absolute atomic E-state index is 0.243. The molecule has 1 heterocycles. The second-order valence-corrected chi connectivity index (χ2v) is 4.35. The Morgan fingerprint density at radius 3 is 2.57 bits per heavy atom. The SMILES string of the molecule is COC(=O)C(C)N1CCC(O)C1(C)C. The van der Waals surface area contributed by atoms with Gasteiger partial charge in [-0.1, -0.05) is 0 Å². The van der Waals surface area contributed by atoms with E-state index in [1.807, 2.05) is 25.7 Å². The highest BCUT2D eigenvalue weighted by Gasteiger charge is 2.44. The third kappa shape index (κ3) is 1.77. The Morgan fingerprint density at radius 1 is 1.64 bits per heavy atom. The molecule has 0 bridgehead atoms. The van der Waals surface area contributed by atoms with E-state index in [0.29, 0.717) is 6.42 Å². The highest BCUT2D eigenvalue weighted by molar-refractivity contribution is 5.75. The maximum atomic E-state index is 11.3. The summed E-state index contributed by atoms with van der Waals surface area (Å²) < 4.78 is 4.69. The van der Waals surface area contributed by atoms with Crippen molar-refractivity contribution >= 4 is 5.97 Å². The monoisotopic (exact) mass is 201 g/mol. The maximum absolute atomic E-state index is 11.3. The molecule has 82 valence electrons. The fourth-order valence-electron chi connectivity index (χ4n) is 2.08. The zero-order chi connectivity index (χ0) is 10.9. The van der Waals surface area contributed by atoms with Crippen molar-refractivity contribution in [1.29, 1.82) is 0 Å². The van der Waals surface area contributed by atoms with Gasteiger partial charge in [0.05, 0.1) is 13.2 Å². The quantitative estimate of drug-likeness (QED) is 0.657. The van der Waals surface area contributed by atoms with E-state index in [1.165, 1.54) is 7.11 Å². The summed E-state index contributed by atoms with van der Waals surface area (Å²) in [6, 6.07) is -0.285. The van der Waals surface area contributed by atoms with Crippen molar-refractivity contribution in [1.82, 2.24) is 4.90 Å². The number of aliphatic hydroxyl groups is 1. The number of esters is 1. The Bertz CT molecular complexity index is 227. The summed E-state index contributed by atoms with van der Waals surface area (Å²) >= 11 is 0. The molecule has 1 aliphatic rings. The normalized spacial score (nSPS) is 28.8. The van der Waals surface area contributed by atoms with Gasteiger partial charge >= 0.3 is 5.97 Å². The van der Waals surface area contributed by atoms with Gasteiger partial charge in [0.25, 0.3) is 0 Å². The summed E-state index contributed by atoms with van der Waals surface area (Å²) in [5.74, 6) is -0.243. The predicted octanol–water partition coefficient (Wildman–Crippen LogP) is 0.393. The summed E-state index contributed by atoms with van der Waals surface area (Å²) in [5.41, 5.74) is -0.340. The summed E-state index contributed by atoms with van der Waals surface area (Å²) in [6.07, 6.45) is 0.350. The van der Waals surface area contributed by atoms with E-state index in [9.17, 15) is 9.90 Å². The molecule has 1 fully saturated rings. The van der Waals surface area contributed by atoms with Gasteiger partial charge in [-0.3, -0.25) is 9.69 Å². The number of carbonyl (C=O) groups is 1. The van der Waals surface area contributed by atoms with E-state index < -0.39 is 0 Å². The molecule has 1 rings (SSSR count). The topological polar surface area (TPSA) is 49.8 Å². The van der Waals surface area contributed by atoms with E-state index in [-0.39, 0.29) is 23.7 Å².